The van der Waals surface area contributed by atoms with E-state index in [1.165, 1.54) is 23.1 Å². The van der Waals surface area contributed by atoms with Crippen molar-refractivity contribution in [3.63, 3.8) is 0 Å². The molecule has 1 fully saturated rings. The van der Waals surface area contributed by atoms with Crippen molar-refractivity contribution in [3.05, 3.63) is 70.3 Å². The number of alkyl halides is 2. The second-order valence-corrected chi connectivity index (χ2v) is 7.77. The van der Waals surface area contributed by atoms with Gasteiger partial charge in [0.05, 0.1) is 5.56 Å². The van der Waals surface area contributed by atoms with Crippen LogP contribution >= 0.6 is 0 Å². The fourth-order valence-electron chi connectivity index (χ4n) is 3.90. The van der Waals surface area contributed by atoms with Crippen LogP contribution in [0.25, 0.3) is 0 Å². The maximum atomic E-state index is 14.3. The highest BCUT2D eigenvalue weighted by molar-refractivity contribution is 6.05. The van der Waals surface area contributed by atoms with Crippen LogP contribution in [-0.4, -0.2) is 34.6 Å². The average Bonchev–Trinajstić information content (AvgIpc) is 3.07. The van der Waals surface area contributed by atoms with E-state index < -0.39 is 52.8 Å². The third kappa shape index (κ3) is 4.18. The monoisotopic (exact) mass is 463 g/mol. The molecule has 2 aromatic carbocycles. The van der Waals surface area contributed by atoms with E-state index in [9.17, 15) is 36.7 Å². The first-order valence-corrected chi connectivity index (χ1v) is 9.96. The molecule has 2 heterocycles. The molecule has 0 saturated carbocycles. The third-order valence-electron chi connectivity index (χ3n) is 5.60. The molecule has 172 valence electrons. The summed E-state index contributed by atoms with van der Waals surface area (Å²) in [6, 6.07) is 5.07. The van der Waals surface area contributed by atoms with E-state index in [2.05, 4.69) is 5.32 Å². The van der Waals surface area contributed by atoms with Crippen molar-refractivity contribution in [1.82, 2.24) is 15.5 Å². The first kappa shape index (κ1) is 22.4. The maximum Gasteiger partial charge on any atom is 0.352 e. The molecule has 4 rings (SSSR count). The number of rotatable bonds is 5. The van der Waals surface area contributed by atoms with Gasteiger partial charge in [-0.05, 0) is 35.7 Å². The lowest BCUT2D eigenvalue weighted by Crippen LogP contribution is -2.52. The normalized spacial score (nSPS) is 18.2. The Morgan fingerprint density at radius 2 is 1.88 bits per heavy atom. The fraction of sp³-hybridized carbons (Fsp3) is 0.273. The predicted octanol–water partition coefficient (Wildman–Crippen LogP) is 2.13. The number of amides is 4. The Kier molecular flexibility index (Phi) is 5.64. The summed E-state index contributed by atoms with van der Waals surface area (Å²) in [7, 11) is 0. The molecule has 7 nitrogen and oxygen atoms in total. The molecule has 1 unspecified atom stereocenters. The van der Waals surface area contributed by atoms with Crippen molar-refractivity contribution in [1.29, 1.82) is 0 Å². The van der Waals surface area contributed by atoms with Gasteiger partial charge in [-0.15, -0.1) is 0 Å². The minimum absolute atomic E-state index is 0.0825. The summed E-state index contributed by atoms with van der Waals surface area (Å²) in [6.45, 7) is -0.254. The highest BCUT2D eigenvalue weighted by Crippen LogP contribution is 2.31. The maximum absolute atomic E-state index is 14.3. The van der Waals surface area contributed by atoms with Crippen LogP contribution in [0.5, 0.6) is 0 Å². The van der Waals surface area contributed by atoms with Crippen molar-refractivity contribution in [2.45, 2.75) is 37.9 Å². The number of carbonyl (C=O) groups excluding carboxylic acids is 4. The minimum Gasteiger partial charge on any atom is -0.346 e. The van der Waals surface area contributed by atoms with E-state index >= 15 is 0 Å². The number of hydrogen-bond acceptors (Lipinski definition) is 4. The van der Waals surface area contributed by atoms with Gasteiger partial charge in [-0.25, -0.2) is 8.78 Å². The largest absolute Gasteiger partial charge is 0.352 e. The van der Waals surface area contributed by atoms with Gasteiger partial charge in [0.25, 0.3) is 11.8 Å². The van der Waals surface area contributed by atoms with Crippen molar-refractivity contribution in [3.8, 4) is 0 Å². The molecule has 0 bridgehead atoms. The number of imide groups is 1. The zero-order chi connectivity index (χ0) is 23.9. The lowest BCUT2D eigenvalue weighted by Gasteiger charge is -2.29. The van der Waals surface area contributed by atoms with Gasteiger partial charge in [-0.1, -0.05) is 12.1 Å². The molecule has 2 aliphatic heterocycles. The van der Waals surface area contributed by atoms with Gasteiger partial charge in [0, 0.05) is 31.1 Å². The van der Waals surface area contributed by atoms with E-state index in [0.29, 0.717) is 28.8 Å². The van der Waals surface area contributed by atoms with Crippen LogP contribution in [0.2, 0.25) is 0 Å². The molecular formula is C22H17F4N3O4. The zero-order valence-corrected chi connectivity index (χ0v) is 17.0. The average molecular weight is 463 g/mol. The minimum atomic E-state index is -4.23. The topological polar surface area (TPSA) is 95.6 Å². The molecule has 0 aliphatic carbocycles. The molecule has 0 aromatic heterocycles. The third-order valence-corrected chi connectivity index (χ3v) is 5.60. The Morgan fingerprint density at radius 3 is 2.58 bits per heavy atom. The number of nitrogens with one attached hydrogen (secondary N) is 2. The number of fused-ring (bicyclic) bond motifs is 1. The summed E-state index contributed by atoms with van der Waals surface area (Å²) in [5.41, 5.74) is 0.0116. The lowest BCUT2D eigenvalue weighted by atomic mass is 10.0. The van der Waals surface area contributed by atoms with E-state index in [0.717, 1.165) is 0 Å². The van der Waals surface area contributed by atoms with Crippen LogP contribution in [0.1, 0.15) is 39.9 Å². The van der Waals surface area contributed by atoms with Crippen molar-refractivity contribution in [2.75, 3.05) is 0 Å². The van der Waals surface area contributed by atoms with Gasteiger partial charge in [0.15, 0.2) is 0 Å². The smallest absolute Gasteiger partial charge is 0.346 e. The Hall–Kier alpha value is -3.76. The number of piperidine rings is 1. The predicted molar refractivity (Wildman–Crippen MR) is 105 cm³/mol. The van der Waals surface area contributed by atoms with Gasteiger partial charge in [0.1, 0.15) is 17.7 Å². The molecule has 2 aromatic rings. The molecule has 2 N–H and O–H groups in total. The van der Waals surface area contributed by atoms with Crippen molar-refractivity contribution in [2.24, 2.45) is 0 Å². The standard InChI is InChI=1S/C22H17F4N3O4/c23-13-2-4-15(16(24)8-13)22(25,26)21(33)27-9-11-1-3-14-12(7-11)10-29(20(14)32)17-5-6-18(30)28-19(17)31/h1-4,7-8,17H,5-6,9-10H2,(H,27,33)(H,28,30,31). The van der Waals surface area contributed by atoms with Crippen LogP contribution in [0, 0.1) is 11.6 Å². The van der Waals surface area contributed by atoms with Crippen molar-refractivity contribution >= 4 is 23.6 Å². The molecule has 0 spiro atoms. The number of benzene rings is 2. The first-order valence-electron chi connectivity index (χ1n) is 9.96. The van der Waals surface area contributed by atoms with Gasteiger partial charge in [-0.2, -0.15) is 8.78 Å². The SMILES string of the molecule is O=C1CCC(N2Cc3cc(CNC(=O)C(F)(F)c4ccc(F)cc4F)ccc3C2=O)C(=O)N1. The van der Waals surface area contributed by atoms with Crippen LogP contribution in [0.15, 0.2) is 36.4 Å². The fourth-order valence-corrected chi connectivity index (χ4v) is 3.90. The van der Waals surface area contributed by atoms with E-state index in [4.69, 9.17) is 0 Å². The quantitative estimate of drug-likeness (QED) is 0.525. The van der Waals surface area contributed by atoms with Gasteiger partial charge < -0.3 is 10.2 Å². The summed E-state index contributed by atoms with van der Waals surface area (Å²) in [5, 5.41) is 4.21. The van der Waals surface area contributed by atoms with Crippen molar-refractivity contribution < 1.29 is 36.7 Å². The molecule has 1 atom stereocenters. The number of halogens is 4. The Bertz CT molecular complexity index is 1180. The molecular weight excluding hydrogens is 446 g/mol. The zero-order valence-electron chi connectivity index (χ0n) is 17.0. The molecule has 2 aliphatic rings. The first-order chi connectivity index (χ1) is 15.6. The second kappa shape index (κ2) is 8.30. The summed E-state index contributed by atoms with van der Waals surface area (Å²) in [5.74, 6) is -9.95. The molecule has 11 heteroatoms. The Labute approximate surface area is 184 Å². The second-order valence-electron chi connectivity index (χ2n) is 7.77. The van der Waals surface area contributed by atoms with Crippen LogP contribution in [0.3, 0.4) is 0 Å². The highest BCUT2D eigenvalue weighted by atomic mass is 19.3. The summed E-state index contributed by atoms with van der Waals surface area (Å²) in [4.78, 5) is 49.5. The molecule has 0 radical (unpaired) electrons. The van der Waals surface area contributed by atoms with E-state index in [1.807, 2.05) is 5.32 Å². The molecule has 1 saturated heterocycles. The van der Waals surface area contributed by atoms with Crippen LogP contribution < -0.4 is 10.6 Å². The summed E-state index contributed by atoms with van der Waals surface area (Å²) >= 11 is 0. The Morgan fingerprint density at radius 1 is 1.12 bits per heavy atom. The van der Waals surface area contributed by atoms with Crippen LogP contribution in [-0.2, 0) is 33.4 Å². The van der Waals surface area contributed by atoms with Crippen LogP contribution in [0.4, 0.5) is 17.6 Å². The number of hydrogen-bond donors (Lipinski definition) is 2. The molecule has 33 heavy (non-hydrogen) atoms. The highest BCUT2D eigenvalue weighted by Gasteiger charge is 2.43. The Balaban J connectivity index is 1.44. The van der Waals surface area contributed by atoms with E-state index in [1.54, 1.807) is 0 Å². The summed E-state index contributed by atoms with van der Waals surface area (Å²) in [6.07, 6.45) is 0.305. The summed E-state index contributed by atoms with van der Waals surface area (Å²) < 4.78 is 55.4. The lowest BCUT2D eigenvalue weighted by molar-refractivity contribution is -0.147. The number of carbonyl (C=O) groups is 4. The van der Waals surface area contributed by atoms with E-state index in [-0.39, 0.29) is 32.0 Å². The van der Waals surface area contributed by atoms with Gasteiger partial charge in [0.2, 0.25) is 11.8 Å². The van der Waals surface area contributed by atoms with Gasteiger partial charge >= 0.3 is 5.92 Å². The number of nitrogens with zero attached hydrogens (tertiary/aromatic N) is 1. The molecule has 4 amide bonds. The van der Waals surface area contributed by atoms with Gasteiger partial charge in [-0.3, -0.25) is 24.5 Å².